The number of aryl methyl sites for hydroxylation is 1. The Morgan fingerprint density at radius 2 is 1.75 bits per heavy atom. The Bertz CT molecular complexity index is 385. The van der Waals surface area contributed by atoms with Gasteiger partial charge in [-0.05, 0) is 14.0 Å². The lowest BCUT2D eigenvalue weighted by Gasteiger charge is -2.13. The number of amides is 1. The zero-order chi connectivity index (χ0) is 12.1. The van der Waals surface area contributed by atoms with Gasteiger partial charge in [-0.2, -0.15) is 0 Å². The fourth-order valence-electron chi connectivity index (χ4n) is 1.40. The van der Waals surface area contributed by atoms with Gasteiger partial charge in [-0.15, -0.1) is 0 Å². The highest BCUT2D eigenvalue weighted by atomic mass is 16.1. The third kappa shape index (κ3) is 3.82. The summed E-state index contributed by atoms with van der Waals surface area (Å²) in [7, 11) is 1.69. The van der Waals surface area contributed by atoms with Gasteiger partial charge in [-0.25, -0.2) is 0 Å². The van der Waals surface area contributed by atoms with Gasteiger partial charge in [0.15, 0.2) is 5.78 Å². The second kappa shape index (κ2) is 5.42. The lowest BCUT2D eigenvalue weighted by Crippen LogP contribution is -2.34. The van der Waals surface area contributed by atoms with Crippen LogP contribution in [0.1, 0.15) is 15.9 Å². The van der Waals surface area contributed by atoms with Crippen molar-refractivity contribution in [1.82, 2.24) is 4.90 Å². The number of ketones is 1. The van der Waals surface area contributed by atoms with Crippen LogP contribution in [-0.4, -0.2) is 36.7 Å². The van der Waals surface area contributed by atoms with E-state index < -0.39 is 5.91 Å². The molecule has 0 aliphatic carbocycles. The van der Waals surface area contributed by atoms with Crippen LogP contribution < -0.4 is 5.73 Å². The van der Waals surface area contributed by atoms with E-state index in [4.69, 9.17) is 5.73 Å². The summed E-state index contributed by atoms with van der Waals surface area (Å²) >= 11 is 0. The molecule has 0 heterocycles. The van der Waals surface area contributed by atoms with E-state index in [-0.39, 0.29) is 18.9 Å². The quantitative estimate of drug-likeness (QED) is 0.739. The highest BCUT2D eigenvalue weighted by Gasteiger charge is 2.10. The standard InChI is InChI=1S/C12H16N2O2/c1-9-3-5-10(6-4-9)11(15)7-14(2)8-12(13)16/h3-6H,7-8H2,1-2H3,(H2,13,16). The molecule has 0 saturated heterocycles. The second-order valence-electron chi connectivity index (χ2n) is 3.93. The number of primary amides is 1. The van der Waals surface area contributed by atoms with Crippen molar-refractivity contribution in [2.45, 2.75) is 6.92 Å². The molecule has 0 aliphatic heterocycles. The molecule has 2 N–H and O–H groups in total. The lowest BCUT2D eigenvalue weighted by molar-refractivity contribution is -0.118. The zero-order valence-electron chi connectivity index (χ0n) is 9.56. The number of hydrogen-bond donors (Lipinski definition) is 1. The molecule has 1 aromatic rings. The maximum Gasteiger partial charge on any atom is 0.231 e. The molecule has 0 aromatic heterocycles. The Balaban J connectivity index is 2.58. The van der Waals surface area contributed by atoms with E-state index in [0.29, 0.717) is 5.56 Å². The van der Waals surface area contributed by atoms with E-state index in [0.717, 1.165) is 5.56 Å². The van der Waals surface area contributed by atoms with Gasteiger partial charge in [0.05, 0.1) is 13.1 Å². The SMILES string of the molecule is Cc1ccc(C(=O)CN(C)CC(N)=O)cc1. The van der Waals surface area contributed by atoms with Gasteiger partial charge in [0.2, 0.25) is 5.91 Å². The number of benzene rings is 1. The van der Waals surface area contributed by atoms with Crippen LogP contribution in [0.2, 0.25) is 0 Å². The van der Waals surface area contributed by atoms with Crippen molar-refractivity contribution in [3.05, 3.63) is 35.4 Å². The van der Waals surface area contributed by atoms with Crippen molar-refractivity contribution in [2.75, 3.05) is 20.1 Å². The second-order valence-corrected chi connectivity index (χ2v) is 3.93. The van der Waals surface area contributed by atoms with Crippen LogP contribution in [0.5, 0.6) is 0 Å². The molecule has 4 nitrogen and oxygen atoms in total. The van der Waals surface area contributed by atoms with E-state index in [1.165, 1.54) is 0 Å². The first-order valence-electron chi connectivity index (χ1n) is 5.06. The smallest absolute Gasteiger partial charge is 0.231 e. The Morgan fingerprint density at radius 3 is 2.25 bits per heavy atom. The number of nitrogens with zero attached hydrogens (tertiary/aromatic N) is 1. The first-order chi connectivity index (χ1) is 7.49. The maximum atomic E-state index is 11.8. The monoisotopic (exact) mass is 220 g/mol. The van der Waals surface area contributed by atoms with Crippen LogP contribution in [0, 0.1) is 6.92 Å². The van der Waals surface area contributed by atoms with E-state index in [1.54, 1.807) is 24.1 Å². The molecule has 0 radical (unpaired) electrons. The van der Waals surface area contributed by atoms with Crippen molar-refractivity contribution in [3.8, 4) is 0 Å². The van der Waals surface area contributed by atoms with Crippen LogP contribution in [0.25, 0.3) is 0 Å². The van der Waals surface area contributed by atoms with Crippen LogP contribution >= 0.6 is 0 Å². The molecule has 0 unspecified atom stereocenters. The van der Waals surface area contributed by atoms with Gasteiger partial charge < -0.3 is 5.73 Å². The highest BCUT2D eigenvalue weighted by molar-refractivity contribution is 5.97. The zero-order valence-corrected chi connectivity index (χ0v) is 9.56. The Labute approximate surface area is 95.0 Å². The summed E-state index contributed by atoms with van der Waals surface area (Å²) in [6.07, 6.45) is 0. The average molecular weight is 220 g/mol. The van der Waals surface area contributed by atoms with Crippen molar-refractivity contribution < 1.29 is 9.59 Å². The molecule has 0 saturated carbocycles. The van der Waals surface area contributed by atoms with Crippen LogP contribution in [0.4, 0.5) is 0 Å². The molecule has 4 heteroatoms. The van der Waals surface area contributed by atoms with Crippen LogP contribution in [-0.2, 0) is 4.79 Å². The van der Waals surface area contributed by atoms with Crippen LogP contribution in [0.3, 0.4) is 0 Å². The topological polar surface area (TPSA) is 63.4 Å². The molecule has 0 atom stereocenters. The molecule has 16 heavy (non-hydrogen) atoms. The fraction of sp³-hybridized carbons (Fsp3) is 0.333. The molecule has 0 fully saturated rings. The molecule has 0 spiro atoms. The lowest BCUT2D eigenvalue weighted by atomic mass is 10.1. The number of carbonyl (C=O) groups is 2. The summed E-state index contributed by atoms with van der Waals surface area (Å²) in [5.41, 5.74) is 6.80. The Hall–Kier alpha value is -1.68. The largest absolute Gasteiger partial charge is 0.369 e. The molecule has 1 amide bonds. The summed E-state index contributed by atoms with van der Waals surface area (Å²) in [6.45, 7) is 2.26. The van der Waals surface area contributed by atoms with Gasteiger partial charge in [0, 0.05) is 5.56 Å². The van der Waals surface area contributed by atoms with Gasteiger partial charge in [-0.3, -0.25) is 14.5 Å². The third-order valence-electron chi connectivity index (χ3n) is 2.21. The number of carbonyl (C=O) groups excluding carboxylic acids is 2. The van der Waals surface area contributed by atoms with E-state index in [2.05, 4.69) is 0 Å². The van der Waals surface area contributed by atoms with Gasteiger partial charge in [0.25, 0.3) is 0 Å². The molecule has 0 aliphatic rings. The van der Waals surface area contributed by atoms with E-state index >= 15 is 0 Å². The van der Waals surface area contributed by atoms with Crippen LogP contribution in [0.15, 0.2) is 24.3 Å². The number of Topliss-reactive ketones (excluding diaryl/α,β-unsaturated/α-hetero) is 1. The minimum Gasteiger partial charge on any atom is -0.369 e. The summed E-state index contributed by atoms with van der Waals surface area (Å²) in [4.78, 5) is 24.0. The van der Waals surface area contributed by atoms with Gasteiger partial charge in [-0.1, -0.05) is 29.8 Å². The molecular formula is C12H16N2O2. The third-order valence-corrected chi connectivity index (χ3v) is 2.21. The van der Waals surface area contributed by atoms with Gasteiger partial charge in [0.1, 0.15) is 0 Å². The number of likely N-dealkylation sites (N-methyl/N-ethyl adjacent to an activating group) is 1. The van der Waals surface area contributed by atoms with E-state index in [9.17, 15) is 9.59 Å². The summed E-state index contributed by atoms with van der Waals surface area (Å²) in [5, 5.41) is 0. The molecule has 1 aromatic carbocycles. The normalized spacial score (nSPS) is 10.4. The molecule has 0 bridgehead atoms. The molecular weight excluding hydrogens is 204 g/mol. The predicted molar refractivity (Wildman–Crippen MR) is 62.2 cm³/mol. The Kier molecular flexibility index (Phi) is 4.19. The highest BCUT2D eigenvalue weighted by Crippen LogP contribution is 2.04. The van der Waals surface area contributed by atoms with E-state index in [1.807, 2.05) is 19.1 Å². The Morgan fingerprint density at radius 1 is 1.19 bits per heavy atom. The summed E-state index contributed by atoms with van der Waals surface area (Å²) < 4.78 is 0. The number of nitrogens with two attached hydrogens (primary N) is 1. The number of hydrogen-bond acceptors (Lipinski definition) is 3. The average Bonchev–Trinajstić information content (AvgIpc) is 2.16. The number of rotatable bonds is 5. The molecule has 86 valence electrons. The first-order valence-corrected chi connectivity index (χ1v) is 5.06. The summed E-state index contributed by atoms with van der Waals surface area (Å²) in [6, 6.07) is 7.36. The van der Waals surface area contributed by atoms with Crippen molar-refractivity contribution >= 4 is 11.7 Å². The minimum absolute atomic E-state index is 0.0104. The first kappa shape index (κ1) is 12.4. The molecule has 1 rings (SSSR count). The maximum absolute atomic E-state index is 11.8. The van der Waals surface area contributed by atoms with Crippen molar-refractivity contribution in [3.63, 3.8) is 0 Å². The fourth-order valence-corrected chi connectivity index (χ4v) is 1.40. The summed E-state index contributed by atoms with van der Waals surface area (Å²) in [5.74, 6) is -0.442. The predicted octanol–water partition coefficient (Wildman–Crippen LogP) is 0.595. The van der Waals surface area contributed by atoms with Gasteiger partial charge >= 0.3 is 0 Å². The van der Waals surface area contributed by atoms with Crippen molar-refractivity contribution in [1.29, 1.82) is 0 Å². The van der Waals surface area contributed by atoms with Crippen molar-refractivity contribution in [2.24, 2.45) is 5.73 Å². The minimum atomic E-state index is -0.431.